The van der Waals surface area contributed by atoms with Gasteiger partial charge in [-0.3, -0.25) is 9.69 Å². The Hall–Kier alpha value is -1.55. The third-order valence-electron chi connectivity index (χ3n) is 4.14. The molecule has 108 valence electrons. The number of fused-ring (bicyclic) bond motifs is 1. The van der Waals surface area contributed by atoms with Crippen LogP contribution in [0.1, 0.15) is 36.5 Å². The first-order chi connectivity index (χ1) is 9.75. The Morgan fingerprint density at radius 3 is 2.55 bits per heavy atom. The van der Waals surface area contributed by atoms with Gasteiger partial charge in [0.15, 0.2) is 17.3 Å². The van der Waals surface area contributed by atoms with E-state index >= 15 is 0 Å². The Bertz CT molecular complexity index is 494. The second-order valence-corrected chi connectivity index (χ2v) is 5.50. The van der Waals surface area contributed by atoms with Crippen molar-refractivity contribution in [1.82, 2.24) is 4.90 Å². The van der Waals surface area contributed by atoms with Crippen molar-refractivity contribution in [3.8, 4) is 11.5 Å². The normalized spacial score (nSPS) is 20.4. The Morgan fingerprint density at radius 1 is 1.10 bits per heavy atom. The topological polar surface area (TPSA) is 38.8 Å². The van der Waals surface area contributed by atoms with E-state index in [1.165, 1.54) is 19.3 Å². The van der Waals surface area contributed by atoms with Crippen LogP contribution in [0.4, 0.5) is 0 Å². The highest BCUT2D eigenvalue weighted by atomic mass is 16.6. The molecule has 0 radical (unpaired) electrons. The minimum absolute atomic E-state index is 0.0575. The molecule has 4 heteroatoms. The molecule has 20 heavy (non-hydrogen) atoms. The quantitative estimate of drug-likeness (QED) is 0.795. The van der Waals surface area contributed by atoms with Crippen molar-refractivity contribution in [3.05, 3.63) is 23.8 Å². The van der Waals surface area contributed by atoms with Gasteiger partial charge in [-0.25, -0.2) is 0 Å². The van der Waals surface area contributed by atoms with Crippen molar-refractivity contribution >= 4 is 5.78 Å². The highest BCUT2D eigenvalue weighted by Crippen LogP contribution is 2.31. The van der Waals surface area contributed by atoms with Crippen molar-refractivity contribution in [3.63, 3.8) is 0 Å². The Morgan fingerprint density at radius 2 is 1.80 bits per heavy atom. The van der Waals surface area contributed by atoms with Crippen LogP contribution in [0.2, 0.25) is 0 Å². The van der Waals surface area contributed by atoms with Gasteiger partial charge in [-0.15, -0.1) is 0 Å². The monoisotopic (exact) mass is 275 g/mol. The summed E-state index contributed by atoms with van der Waals surface area (Å²) in [7, 11) is 0. The Balaban J connectivity index is 1.75. The first-order valence-corrected chi connectivity index (χ1v) is 7.43. The molecule has 1 unspecified atom stereocenters. The molecule has 3 rings (SSSR count). The summed E-state index contributed by atoms with van der Waals surface area (Å²) < 4.78 is 11.0. The van der Waals surface area contributed by atoms with Crippen molar-refractivity contribution in [2.75, 3.05) is 26.3 Å². The lowest BCUT2D eigenvalue weighted by atomic mass is 10.0. The number of hydrogen-bond donors (Lipinski definition) is 0. The summed E-state index contributed by atoms with van der Waals surface area (Å²) >= 11 is 0. The molecule has 0 spiro atoms. The van der Waals surface area contributed by atoms with Gasteiger partial charge in [0.2, 0.25) is 0 Å². The molecule has 1 atom stereocenters. The number of nitrogens with zero attached hydrogens (tertiary/aromatic N) is 1. The van der Waals surface area contributed by atoms with E-state index in [0.29, 0.717) is 24.5 Å². The lowest BCUT2D eigenvalue weighted by Crippen LogP contribution is -2.42. The van der Waals surface area contributed by atoms with Crippen LogP contribution >= 0.6 is 0 Å². The number of hydrogen-bond acceptors (Lipinski definition) is 4. The summed E-state index contributed by atoms with van der Waals surface area (Å²) in [6.45, 7) is 5.18. The molecule has 0 N–H and O–H groups in total. The number of likely N-dealkylation sites (tertiary alicyclic amines) is 1. The number of rotatable bonds is 3. The molecule has 1 saturated heterocycles. The number of carbonyl (C=O) groups excluding carboxylic acids is 1. The summed E-state index contributed by atoms with van der Waals surface area (Å²) in [6.07, 6.45) is 3.67. The van der Waals surface area contributed by atoms with E-state index in [0.717, 1.165) is 18.8 Å². The molecule has 2 aliphatic heterocycles. The van der Waals surface area contributed by atoms with Gasteiger partial charge in [0.1, 0.15) is 13.2 Å². The fraction of sp³-hybridized carbons (Fsp3) is 0.562. The van der Waals surface area contributed by atoms with Gasteiger partial charge in [0.25, 0.3) is 0 Å². The van der Waals surface area contributed by atoms with Crippen LogP contribution in [-0.2, 0) is 0 Å². The van der Waals surface area contributed by atoms with Gasteiger partial charge in [0, 0.05) is 5.56 Å². The molecule has 2 heterocycles. The number of ketones is 1. The number of piperidine rings is 1. The molecule has 0 amide bonds. The largest absolute Gasteiger partial charge is 0.486 e. The van der Waals surface area contributed by atoms with Crippen molar-refractivity contribution < 1.29 is 14.3 Å². The molecular formula is C16H21NO3. The molecule has 1 aromatic rings. The molecule has 4 nitrogen and oxygen atoms in total. The van der Waals surface area contributed by atoms with E-state index in [9.17, 15) is 4.79 Å². The third-order valence-corrected chi connectivity index (χ3v) is 4.14. The van der Waals surface area contributed by atoms with Crippen molar-refractivity contribution in [1.29, 1.82) is 0 Å². The van der Waals surface area contributed by atoms with Gasteiger partial charge in [-0.2, -0.15) is 0 Å². The summed E-state index contributed by atoms with van der Waals surface area (Å²) in [5, 5.41) is 0. The minimum atomic E-state index is -0.0575. The molecule has 0 bridgehead atoms. The zero-order chi connectivity index (χ0) is 13.9. The lowest BCUT2D eigenvalue weighted by Gasteiger charge is -2.31. The highest BCUT2D eigenvalue weighted by molar-refractivity contribution is 6.00. The fourth-order valence-corrected chi connectivity index (χ4v) is 2.91. The summed E-state index contributed by atoms with van der Waals surface area (Å²) in [6, 6.07) is 5.44. The van der Waals surface area contributed by atoms with Crippen LogP contribution in [0.5, 0.6) is 11.5 Å². The van der Waals surface area contributed by atoms with Gasteiger partial charge in [-0.1, -0.05) is 6.42 Å². The zero-order valence-corrected chi connectivity index (χ0v) is 11.9. The first-order valence-electron chi connectivity index (χ1n) is 7.43. The Kier molecular flexibility index (Phi) is 3.92. The van der Waals surface area contributed by atoms with Crippen LogP contribution in [0.3, 0.4) is 0 Å². The smallest absolute Gasteiger partial charge is 0.179 e. The first kappa shape index (κ1) is 13.4. The van der Waals surface area contributed by atoms with Crippen LogP contribution < -0.4 is 9.47 Å². The van der Waals surface area contributed by atoms with E-state index < -0.39 is 0 Å². The predicted molar refractivity (Wildman–Crippen MR) is 76.6 cm³/mol. The van der Waals surface area contributed by atoms with Crippen molar-refractivity contribution in [2.45, 2.75) is 32.2 Å². The fourth-order valence-electron chi connectivity index (χ4n) is 2.91. The maximum Gasteiger partial charge on any atom is 0.179 e. The zero-order valence-electron chi connectivity index (χ0n) is 11.9. The summed E-state index contributed by atoms with van der Waals surface area (Å²) in [5.74, 6) is 1.59. The van der Waals surface area contributed by atoms with Crippen LogP contribution in [0.25, 0.3) is 0 Å². The standard InChI is InChI=1S/C16H21NO3/c1-12(17-7-3-2-4-8-17)16(18)13-5-6-14-15(11-13)20-10-9-19-14/h5-6,11-12H,2-4,7-10H2,1H3. The van der Waals surface area contributed by atoms with E-state index in [2.05, 4.69) is 4.90 Å². The molecule has 0 aromatic heterocycles. The van der Waals surface area contributed by atoms with E-state index in [1.54, 1.807) is 0 Å². The maximum absolute atomic E-state index is 12.6. The van der Waals surface area contributed by atoms with Crippen LogP contribution in [-0.4, -0.2) is 43.0 Å². The van der Waals surface area contributed by atoms with E-state index in [-0.39, 0.29) is 11.8 Å². The van der Waals surface area contributed by atoms with Crippen molar-refractivity contribution in [2.24, 2.45) is 0 Å². The molecule has 0 aliphatic carbocycles. The highest BCUT2D eigenvalue weighted by Gasteiger charge is 2.25. The second-order valence-electron chi connectivity index (χ2n) is 5.50. The van der Waals surface area contributed by atoms with E-state index in [1.807, 2.05) is 25.1 Å². The average Bonchev–Trinajstić information content (AvgIpc) is 2.54. The second kappa shape index (κ2) is 5.83. The molecule has 1 aromatic carbocycles. The van der Waals surface area contributed by atoms with Gasteiger partial charge in [-0.05, 0) is 51.1 Å². The average molecular weight is 275 g/mol. The molecular weight excluding hydrogens is 254 g/mol. The molecule has 0 saturated carbocycles. The number of carbonyl (C=O) groups is 1. The summed E-state index contributed by atoms with van der Waals surface area (Å²) in [4.78, 5) is 14.9. The van der Waals surface area contributed by atoms with Gasteiger partial charge >= 0.3 is 0 Å². The number of benzene rings is 1. The maximum atomic E-state index is 12.6. The minimum Gasteiger partial charge on any atom is -0.486 e. The summed E-state index contributed by atoms with van der Waals surface area (Å²) in [5.41, 5.74) is 0.715. The van der Waals surface area contributed by atoms with Crippen LogP contribution in [0, 0.1) is 0 Å². The Labute approximate surface area is 119 Å². The molecule has 2 aliphatic rings. The SMILES string of the molecule is CC(C(=O)c1ccc2c(c1)OCCO2)N1CCCCC1. The number of ether oxygens (including phenoxy) is 2. The van der Waals surface area contributed by atoms with Crippen LogP contribution in [0.15, 0.2) is 18.2 Å². The van der Waals surface area contributed by atoms with Gasteiger partial charge < -0.3 is 9.47 Å². The predicted octanol–water partition coefficient (Wildman–Crippen LogP) is 2.51. The molecule has 1 fully saturated rings. The van der Waals surface area contributed by atoms with E-state index in [4.69, 9.17) is 9.47 Å². The lowest BCUT2D eigenvalue weighted by molar-refractivity contribution is 0.0807. The third kappa shape index (κ3) is 2.66. The van der Waals surface area contributed by atoms with Gasteiger partial charge in [0.05, 0.1) is 6.04 Å². The number of Topliss-reactive ketones (excluding diaryl/α,β-unsaturated/α-hetero) is 1.